The summed E-state index contributed by atoms with van der Waals surface area (Å²) in [6.07, 6.45) is 0. The summed E-state index contributed by atoms with van der Waals surface area (Å²) in [4.78, 5) is 0.161. The Morgan fingerprint density at radius 3 is 2.84 bits per heavy atom. The Balaban J connectivity index is 2.39. The number of nitrogens with zero attached hydrogens (tertiary/aromatic N) is 1. The molecule has 2 rings (SSSR count). The van der Waals surface area contributed by atoms with Crippen molar-refractivity contribution >= 4 is 21.6 Å². The molecule has 1 aliphatic heterocycles. The standard InChI is InChI=1S/C12H17ClN2O3S/c1-9-8-15(6-5-14-9)19(16,17)12-4-3-10(13)7-11(12)18-2/h3-4,7,9,14H,5-6,8H2,1-2H3/t9-/m0/s1. The van der Waals surface area contributed by atoms with E-state index in [4.69, 9.17) is 16.3 Å². The molecule has 0 radical (unpaired) electrons. The molecule has 1 heterocycles. The fourth-order valence-electron chi connectivity index (χ4n) is 2.11. The largest absolute Gasteiger partial charge is 0.495 e. The minimum absolute atomic E-state index is 0.141. The topological polar surface area (TPSA) is 58.6 Å². The molecule has 0 spiro atoms. The minimum atomic E-state index is -3.54. The molecule has 1 aromatic rings. The van der Waals surface area contributed by atoms with Crippen LogP contribution in [-0.4, -0.2) is 45.5 Å². The summed E-state index contributed by atoms with van der Waals surface area (Å²) in [5.74, 6) is 0.277. The van der Waals surface area contributed by atoms with Crippen LogP contribution >= 0.6 is 11.6 Å². The third-order valence-corrected chi connectivity index (χ3v) is 5.21. The van der Waals surface area contributed by atoms with Gasteiger partial charge in [0.2, 0.25) is 10.0 Å². The summed E-state index contributed by atoms with van der Waals surface area (Å²) < 4.78 is 31.8. The molecule has 1 N–H and O–H groups in total. The van der Waals surface area contributed by atoms with E-state index in [-0.39, 0.29) is 16.7 Å². The molecule has 0 aromatic heterocycles. The maximum absolute atomic E-state index is 12.6. The summed E-state index contributed by atoms with van der Waals surface area (Å²) in [6.45, 7) is 3.52. The second-order valence-corrected chi connectivity index (χ2v) is 6.86. The molecule has 1 aliphatic rings. The summed E-state index contributed by atoms with van der Waals surface area (Å²) in [7, 11) is -2.11. The van der Waals surface area contributed by atoms with E-state index >= 15 is 0 Å². The van der Waals surface area contributed by atoms with E-state index in [0.29, 0.717) is 24.7 Å². The van der Waals surface area contributed by atoms with Crippen molar-refractivity contribution in [1.29, 1.82) is 0 Å². The van der Waals surface area contributed by atoms with Crippen molar-refractivity contribution in [3.8, 4) is 5.75 Å². The SMILES string of the molecule is COc1cc(Cl)ccc1S(=O)(=O)N1CCN[C@@H](C)C1. The zero-order valence-electron chi connectivity index (χ0n) is 10.9. The molecule has 0 unspecified atom stereocenters. The van der Waals surface area contributed by atoms with Gasteiger partial charge >= 0.3 is 0 Å². The van der Waals surface area contributed by atoms with E-state index in [1.807, 2.05) is 6.92 Å². The monoisotopic (exact) mass is 304 g/mol. The zero-order chi connectivity index (χ0) is 14.0. The van der Waals surface area contributed by atoms with Crippen LogP contribution in [0.25, 0.3) is 0 Å². The Bertz CT molecular complexity index is 562. The number of rotatable bonds is 3. The van der Waals surface area contributed by atoms with Crippen molar-refractivity contribution in [2.45, 2.75) is 17.9 Å². The van der Waals surface area contributed by atoms with Gasteiger partial charge in [-0.2, -0.15) is 4.31 Å². The molecule has 1 saturated heterocycles. The number of sulfonamides is 1. The first kappa shape index (κ1) is 14.6. The number of piperazine rings is 1. The summed E-state index contributed by atoms with van der Waals surface area (Å²) >= 11 is 5.86. The van der Waals surface area contributed by atoms with Crippen LogP contribution in [0.5, 0.6) is 5.75 Å². The van der Waals surface area contributed by atoms with Gasteiger partial charge in [-0.1, -0.05) is 11.6 Å². The van der Waals surface area contributed by atoms with E-state index in [1.54, 1.807) is 6.07 Å². The maximum atomic E-state index is 12.6. The van der Waals surface area contributed by atoms with Crippen molar-refractivity contribution < 1.29 is 13.2 Å². The van der Waals surface area contributed by atoms with Crippen LogP contribution in [0.2, 0.25) is 5.02 Å². The molecule has 106 valence electrons. The highest BCUT2D eigenvalue weighted by molar-refractivity contribution is 7.89. The maximum Gasteiger partial charge on any atom is 0.246 e. The lowest BCUT2D eigenvalue weighted by Crippen LogP contribution is -2.51. The molecule has 7 heteroatoms. The van der Waals surface area contributed by atoms with E-state index in [2.05, 4.69) is 5.32 Å². The second-order valence-electron chi connectivity index (χ2n) is 4.51. The van der Waals surface area contributed by atoms with Crippen LogP contribution in [0.1, 0.15) is 6.92 Å². The number of hydrogen-bond donors (Lipinski definition) is 1. The molecule has 0 bridgehead atoms. The van der Waals surface area contributed by atoms with Gasteiger partial charge in [-0.3, -0.25) is 0 Å². The molecule has 5 nitrogen and oxygen atoms in total. The fourth-order valence-corrected chi connectivity index (χ4v) is 3.94. The van der Waals surface area contributed by atoms with Crippen molar-refractivity contribution in [2.75, 3.05) is 26.7 Å². The summed E-state index contributed by atoms with van der Waals surface area (Å²) in [5, 5.41) is 3.66. The summed E-state index contributed by atoms with van der Waals surface area (Å²) in [6, 6.07) is 4.70. The van der Waals surface area contributed by atoms with Crippen LogP contribution in [0.4, 0.5) is 0 Å². The Morgan fingerprint density at radius 1 is 1.47 bits per heavy atom. The van der Waals surface area contributed by atoms with Crippen LogP contribution in [-0.2, 0) is 10.0 Å². The van der Waals surface area contributed by atoms with Gasteiger partial charge in [-0.05, 0) is 19.1 Å². The number of hydrogen-bond acceptors (Lipinski definition) is 4. The van der Waals surface area contributed by atoms with E-state index < -0.39 is 10.0 Å². The molecular weight excluding hydrogens is 288 g/mol. The van der Waals surface area contributed by atoms with Crippen LogP contribution in [0, 0.1) is 0 Å². The number of methoxy groups -OCH3 is 1. The number of ether oxygens (including phenoxy) is 1. The van der Waals surface area contributed by atoms with Crippen LogP contribution < -0.4 is 10.1 Å². The first-order valence-electron chi connectivity index (χ1n) is 6.02. The molecule has 0 amide bonds. The minimum Gasteiger partial charge on any atom is -0.495 e. The molecular formula is C12H17ClN2O3S. The number of halogens is 1. The third-order valence-electron chi connectivity index (χ3n) is 3.07. The van der Waals surface area contributed by atoms with Gasteiger partial charge in [-0.15, -0.1) is 0 Å². The van der Waals surface area contributed by atoms with Gasteiger partial charge in [0, 0.05) is 36.8 Å². The number of benzene rings is 1. The van der Waals surface area contributed by atoms with Gasteiger partial charge in [0.05, 0.1) is 7.11 Å². The average molecular weight is 305 g/mol. The first-order valence-corrected chi connectivity index (χ1v) is 7.84. The Labute approximate surface area is 118 Å². The van der Waals surface area contributed by atoms with Crippen molar-refractivity contribution in [2.24, 2.45) is 0 Å². The van der Waals surface area contributed by atoms with E-state index in [1.165, 1.54) is 23.5 Å². The van der Waals surface area contributed by atoms with Crippen LogP contribution in [0.3, 0.4) is 0 Å². The molecule has 1 aromatic carbocycles. The predicted octanol–water partition coefficient (Wildman–Crippen LogP) is 1.33. The van der Waals surface area contributed by atoms with Crippen LogP contribution in [0.15, 0.2) is 23.1 Å². The Morgan fingerprint density at radius 2 is 2.21 bits per heavy atom. The van der Waals surface area contributed by atoms with E-state index in [9.17, 15) is 8.42 Å². The third kappa shape index (κ3) is 3.02. The second kappa shape index (κ2) is 5.66. The normalized spacial score (nSPS) is 21.3. The molecule has 19 heavy (non-hydrogen) atoms. The van der Waals surface area contributed by atoms with Gasteiger partial charge in [0.1, 0.15) is 10.6 Å². The quantitative estimate of drug-likeness (QED) is 0.915. The first-order chi connectivity index (χ1) is 8.95. The van der Waals surface area contributed by atoms with Crippen molar-refractivity contribution in [3.63, 3.8) is 0 Å². The molecule has 0 saturated carbocycles. The predicted molar refractivity (Wildman–Crippen MR) is 74.2 cm³/mol. The molecule has 1 fully saturated rings. The lowest BCUT2D eigenvalue weighted by Gasteiger charge is -2.31. The lowest BCUT2D eigenvalue weighted by molar-refractivity contribution is 0.308. The fraction of sp³-hybridized carbons (Fsp3) is 0.500. The van der Waals surface area contributed by atoms with Crippen molar-refractivity contribution in [3.05, 3.63) is 23.2 Å². The Kier molecular flexibility index (Phi) is 4.35. The van der Waals surface area contributed by atoms with Gasteiger partial charge < -0.3 is 10.1 Å². The molecule has 1 atom stereocenters. The summed E-state index contributed by atoms with van der Waals surface area (Å²) in [5.41, 5.74) is 0. The highest BCUT2D eigenvalue weighted by Gasteiger charge is 2.30. The number of nitrogens with one attached hydrogen (secondary N) is 1. The molecule has 0 aliphatic carbocycles. The lowest BCUT2D eigenvalue weighted by atomic mass is 10.3. The Hall–Kier alpha value is -0.820. The van der Waals surface area contributed by atoms with Gasteiger partial charge in [0.15, 0.2) is 0 Å². The van der Waals surface area contributed by atoms with Gasteiger partial charge in [0.25, 0.3) is 0 Å². The highest BCUT2D eigenvalue weighted by Crippen LogP contribution is 2.29. The van der Waals surface area contributed by atoms with Gasteiger partial charge in [-0.25, -0.2) is 8.42 Å². The van der Waals surface area contributed by atoms with Crippen molar-refractivity contribution in [1.82, 2.24) is 9.62 Å². The van der Waals surface area contributed by atoms with E-state index in [0.717, 1.165) is 0 Å². The zero-order valence-corrected chi connectivity index (χ0v) is 12.5. The average Bonchev–Trinajstić information content (AvgIpc) is 2.38. The highest BCUT2D eigenvalue weighted by atomic mass is 35.5. The smallest absolute Gasteiger partial charge is 0.246 e.